The fourth-order valence-corrected chi connectivity index (χ4v) is 6.40. The van der Waals surface area contributed by atoms with Crippen LogP contribution < -0.4 is 9.47 Å². The van der Waals surface area contributed by atoms with Crippen LogP contribution >= 0.6 is 21.6 Å². The smallest absolute Gasteiger partial charge is 0.119 e. The van der Waals surface area contributed by atoms with Crippen molar-refractivity contribution >= 4 is 21.6 Å². The van der Waals surface area contributed by atoms with Crippen LogP contribution in [0.2, 0.25) is 0 Å². The summed E-state index contributed by atoms with van der Waals surface area (Å²) in [5, 5.41) is 0. The van der Waals surface area contributed by atoms with Crippen molar-refractivity contribution in [3.8, 4) is 11.5 Å². The third-order valence-electron chi connectivity index (χ3n) is 7.05. The number of hydrogen-bond acceptors (Lipinski definition) is 4. The zero-order valence-corrected chi connectivity index (χ0v) is 26.4. The summed E-state index contributed by atoms with van der Waals surface area (Å²) in [6, 6.07) is 17.0. The summed E-state index contributed by atoms with van der Waals surface area (Å²) in [6.45, 7) is 10.8. The van der Waals surface area contributed by atoms with Gasteiger partial charge >= 0.3 is 0 Å². The van der Waals surface area contributed by atoms with Gasteiger partial charge in [0, 0.05) is 9.79 Å². The molecular formula is C34H54O2S2. The predicted molar refractivity (Wildman–Crippen MR) is 170 cm³/mol. The van der Waals surface area contributed by atoms with Gasteiger partial charge in [0.05, 0.1) is 13.2 Å². The van der Waals surface area contributed by atoms with E-state index in [0.717, 1.165) is 24.7 Å². The molecule has 38 heavy (non-hydrogen) atoms. The van der Waals surface area contributed by atoms with Gasteiger partial charge in [-0.15, -0.1) is 0 Å². The molecule has 2 unspecified atom stereocenters. The quantitative estimate of drug-likeness (QED) is 0.0996. The van der Waals surface area contributed by atoms with E-state index >= 15 is 0 Å². The maximum atomic E-state index is 6.05. The highest BCUT2D eigenvalue weighted by atomic mass is 33.1. The summed E-state index contributed by atoms with van der Waals surface area (Å²) in [6.07, 6.45) is 18.9. The van der Waals surface area contributed by atoms with Gasteiger partial charge in [-0.05, 0) is 73.2 Å². The van der Waals surface area contributed by atoms with Crippen molar-refractivity contribution in [3.63, 3.8) is 0 Å². The molecular weight excluding hydrogens is 505 g/mol. The van der Waals surface area contributed by atoms with Crippen LogP contribution in [0.15, 0.2) is 58.3 Å². The zero-order valence-electron chi connectivity index (χ0n) is 24.7. The number of unbranched alkanes of at least 4 members (excludes halogenated alkanes) is 10. The molecule has 2 aromatic carbocycles. The normalized spacial score (nSPS) is 12.8. The first-order valence-corrected chi connectivity index (χ1v) is 17.6. The summed E-state index contributed by atoms with van der Waals surface area (Å²) in [5.74, 6) is 3.17. The van der Waals surface area contributed by atoms with Crippen LogP contribution in [0.1, 0.15) is 118 Å². The molecule has 0 saturated carbocycles. The second-order valence-corrected chi connectivity index (χ2v) is 13.3. The Balaban J connectivity index is 1.58. The molecule has 0 aliphatic carbocycles. The van der Waals surface area contributed by atoms with Gasteiger partial charge in [0.2, 0.25) is 0 Å². The van der Waals surface area contributed by atoms with Crippen LogP contribution in [0, 0.1) is 11.8 Å². The lowest BCUT2D eigenvalue weighted by atomic mass is 10.0. The molecule has 2 nitrogen and oxygen atoms in total. The Kier molecular flexibility index (Phi) is 18.7. The van der Waals surface area contributed by atoms with E-state index in [2.05, 4.69) is 76.2 Å². The van der Waals surface area contributed by atoms with Crippen LogP contribution in [0.3, 0.4) is 0 Å². The summed E-state index contributed by atoms with van der Waals surface area (Å²) in [5.41, 5.74) is 0. The summed E-state index contributed by atoms with van der Waals surface area (Å²) >= 11 is 0. The molecule has 2 rings (SSSR count). The first kappa shape index (κ1) is 32.9. The van der Waals surface area contributed by atoms with Gasteiger partial charge < -0.3 is 9.47 Å². The van der Waals surface area contributed by atoms with E-state index in [1.807, 2.05) is 0 Å². The molecule has 2 atom stereocenters. The molecule has 0 aliphatic rings. The third kappa shape index (κ3) is 16.0. The van der Waals surface area contributed by atoms with Crippen LogP contribution in [-0.2, 0) is 0 Å². The Morgan fingerprint density at radius 1 is 0.500 bits per heavy atom. The number of rotatable bonds is 23. The lowest BCUT2D eigenvalue weighted by molar-refractivity contribution is 0.248. The average molecular weight is 559 g/mol. The minimum atomic E-state index is 0.612. The first-order valence-electron chi connectivity index (χ1n) is 15.4. The van der Waals surface area contributed by atoms with Crippen molar-refractivity contribution in [1.29, 1.82) is 0 Å². The maximum absolute atomic E-state index is 6.05. The highest BCUT2D eigenvalue weighted by molar-refractivity contribution is 8.76. The largest absolute Gasteiger partial charge is 0.493 e. The standard InChI is InChI=1S/C34H54O2S2/c1-5-7-9-11-13-15-17-29(3)27-35-31-19-23-33(24-20-31)37-38-34-25-21-32(22-26-34)36-28-30(4)18-16-14-12-10-8-6-2/h19-26,29-30H,5-18,27-28H2,1-4H3. The molecule has 0 fully saturated rings. The van der Waals surface area contributed by atoms with Gasteiger partial charge in [0.25, 0.3) is 0 Å². The Bertz CT molecular complexity index is 737. The first-order chi connectivity index (χ1) is 18.6. The van der Waals surface area contributed by atoms with Crippen molar-refractivity contribution in [2.45, 2.75) is 127 Å². The van der Waals surface area contributed by atoms with Crippen molar-refractivity contribution in [2.75, 3.05) is 13.2 Å². The molecule has 0 aliphatic heterocycles. The van der Waals surface area contributed by atoms with Crippen molar-refractivity contribution in [1.82, 2.24) is 0 Å². The Morgan fingerprint density at radius 3 is 1.21 bits per heavy atom. The fraction of sp³-hybridized carbons (Fsp3) is 0.647. The van der Waals surface area contributed by atoms with Crippen LogP contribution in [0.4, 0.5) is 0 Å². The van der Waals surface area contributed by atoms with E-state index in [9.17, 15) is 0 Å². The molecule has 0 N–H and O–H groups in total. The number of benzene rings is 2. The van der Waals surface area contributed by atoms with E-state index in [-0.39, 0.29) is 0 Å². The van der Waals surface area contributed by atoms with Crippen molar-refractivity contribution < 1.29 is 9.47 Å². The summed E-state index contributed by atoms with van der Waals surface area (Å²) in [4.78, 5) is 2.48. The average Bonchev–Trinajstić information content (AvgIpc) is 2.94. The monoisotopic (exact) mass is 558 g/mol. The minimum absolute atomic E-state index is 0.612. The predicted octanol–water partition coefficient (Wildman–Crippen LogP) is 12.0. The van der Waals surface area contributed by atoms with E-state index in [1.54, 1.807) is 21.6 Å². The molecule has 0 heterocycles. The minimum Gasteiger partial charge on any atom is -0.493 e. The van der Waals surface area contributed by atoms with Gasteiger partial charge in [0.15, 0.2) is 0 Å². The molecule has 214 valence electrons. The van der Waals surface area contributed by atoms with Gasteiger partial charge in [-0.25, -0.2) is 0 Å². The summed E-state index contributed by atoms with van der Waals surface area (Å²) in [7, 11) is 3.57. The highest BCUT2D eigenvalue weighted by Gasteiger charge is 2.06. The topological polar surface area (TPSA) is 18.5 Å². The zero-order chi connectivity index (χ0) is 27.3. The number of ether oxygens (including phenoxy) is 2. The third-order valence-corrected chi connectivity index (χ3v) is 9.47. The van der Waals surface area contributed by atoms with Crippen LogP contribution in [0.25, 0.3) is 0 Å². The molecule has 4 heteroatoms. The van der Waals surface area contributed by atoms with Gasteiger partial charge in [0.1, 0.15) is 11.5 Å². The Hall–Kier alpha value is -1.26. The molecule has 0 aromatic heterocycles. The van der Waals surface area contributed by atoms with E-state index < -0.39 is 0 Å². The lowest BCUT2D eigenvalue weighted by Gasteiger charge is -2.13. The summed E-state index contributed by atoms with van der Waals surface area (Å²) < 4.78 is 12.1. The maximum Gasteiger partial charge on any atom is 0.119 e. The van der Waals surface area contributed by atoms with Crippen LogP contribution in [0.5, 0.6) is 11.5 Å². The number of hydrogen-bond donors (Lipinski definition) is 0. The van der Waals surface area contributed by atoms with E-state index in [1.165, 1.54) is 99.7 Å². The molecule has 0 saturated heterocycles. The van der Waals surface area contributed by atoms with Gasteiger partial charge in [-0.2, -0.15) is 0 Å². The van der Waals surface area contributed by atoms with E-state index in [4.69, 9.17) is 9.47 Å². The Labute approximate surface area is 242 Å². The molecule has 0 bridgehead atoms. The van der Waals surface area contributed by atoms with Crippen LogP contribution in [-0.4, -0.2) is 13.2 Å². The second-order valence-electron chi connectivity index (χ2n) is 11.1. The lowest BCUT2D eigenvalue weighted by Crippen LogP contribution is -2.08. The molecule has 0 amide bonds. The van der Waals surface area contributed by atoms with Crippen molar-refractivity contribution in [3.05, 3.63) is 48.5 Å². The molecule has 2 aromatic rings. The SMILES string of the molecule is CCCCCCCCC(C)COc1ccc(SSc2ccc(OCC(C)CCCCCCCC)cc2)cc1. The van der Waals surface area contributed by atoms with Crippen molar-refractivity contribution in [2.24, 2.45) is 11.8 Å². The molecule has 0 radical (unpaired) electrons. The second kappa shape index (κ2) is 21.5. The molecule has 0 spiro atoms. The van der Waals surface area contributed by atoms with E-state index in [0.29, 0.717) is 11.8 Å². The van der Waals surface area contributed by atoms with Gasteiger partial charge in [-0.3, -0.25) is 0 Å². The fourth-order valence-electron chi connectivity index (χ4n) is 4.47. The Morgan fingerprint density at radius 2 is 0.842 bits per heavy atom. The highest BCUT2D eigenvalue weighted by Crippen LogP contribution is 2.38. The van der Waals surface area contributed by atoms with Gasteiger partial charge in [-0.1, -0.05) is 126 Å².